The molecule has 0 radical (unpaired) electrons. The van der Waals surface area contributed by atoms with Gasteiger partial charge < -0.3 is 20.5 Å². The van der Waals surface area contributed by atoms with E-state index < -0.39 is 0 Å². The molecule has 1 aromatic carbocycles. The number of nitrogens with one attached hydrogen (secondary N) is 2. The van der Waals surface area contributed by atoms with E-state index in [1.54, 1.807) is 12.1 Å². The van der Waals surface area contributed by atoms with Crippen molar-refractivity contribution in [1.29, 1.82) is 0 Å². The SMILES string of the molecule is COc1ccc(O)c(C(=O)NC2C(C)CCNC2C)c1. The first-order chi connectivity index (χ1) is 9.52. The van der Waals surface area contributed by atoms with Gasteiger partial charge in [-0.25, -0.2) is 0 Å². The molecule has 3 unspecified atom stereocenters. The van der Waals surface area contributed by atoms with Gasteiger partial charge in [0.1, 0.15) is 11.5 Å². The summed E-state index contributed by atoms with van der Waals surface area (Å²) in [7, 11) is 1.53. The number of amides is 1. The van der Waals surface area contributed by atoms with Gasteiger partial charge in [0.2, 0.25) is 0 Å². The van der Waals surface area contributed by atoms with Gasteiger partial charge >= 0.3 is 0 Å². The Hall–Kier alpha value is -1.75. The van der Waals surface area contributed by atoms with Crippen molar-refractivity contribution in [2.75, 3.05) is 13.7 Å². The Kier molecular flexibility index (Phi) is 4.49. The Morgan fingerprint density at radius 1 is 1.45 bits per heavy atom. The van der Waals surface area contributed by atoms with E-state index in [1.807, 2.05) is 0 Å². The first kappa shape index (κ1) is 14.7. The van der Waals surface area contributed by atoms with Crippen LogP contribution in [-0.2, 0) is 0 Å². The lowest BCUT2D eigenvalue weighted by Crippen LogP contribution is -2.55. The summed E-state index contributed by atoms with van der Waals surface area (Å²) in [6.45, 7) is 5.17. The molecule has 1 aromatic rings. The highest BCUT2D eigenvalue weighted by Gasteiger charge is 2.29. The Morgan fingerprint density at radius 3 is 2.85 bits per heavy atom. The molecule has 110 valence electrons. The molecule has 1 amide bonds. The molecule has 1 fully saturated rings. The summed E-state index contributed by atoms with van der Waals surface area (Å²) >= 11 is 0. The number of carbonyl (C=O) groups is 1. The van der Waals surface area contributed by atoms with Crippen molar-refractivity contribution in [2.45, 2.75) is 32.4 Å². The zero-order valence-corrected chi connectivity index (χ0v) is 12.1. The minimum atomic E-state index is -0.270. The molecule has 1 aliphatic rings. The van der Waals surface area contributed by atoms with Gasteiger partial charge in [0.15, 0.2) is 0 Å². The zero-order valence-electron chi connectivity index (χ0n) is 12.1. The van der Waals surface area contributed by atoms with Crippen molar-refractivity contribution in [2.24, 2.45) is 5.92 Å². The molecule has 5 nitrogen and oxygen atoms in total. The number of phenols is 1. The highest BCUT2D eigenvalue weighted by atomic mass is 16.5. The fraction of sp³-hybridized carbons (Fsp3) is 0.533. The maximum atomic E-state index is 12.3. The molecule has 5 heteroatoms. The molecule has 3 atom stereocenters. The number of benzene rings is 1. The lowest BCUT2D eigenvalue weighted by atomic mass is 9.89. The van der Waals surface area contributed by atoms with E-state index in [-0.39, 0.29) is 29.3 Å². The Bertz CT molecular complexity index is 480. The van der Waals surface area contributed by atoms with Crippen LogP contribution in [0.15, 0.2) is 18.2 Å². The standard InChI is InChI=1S/C15H22N2O3/c1-9-6-7-16-10(2)14(9)17-15(19)12-8-11(20-3)4-5-13(12)18/h4-5,8-10,14,16,18H,6-7H2,1-3H3,(H,17,19). The monoisotopic (exact) mass is 278 g/mol. The van der Waals surface area contributed by atoms with Gasteiger partial charge in [-0.15, -0.1) is 0 Å². The van der Waals surface area contributed by atoms with Crippen LogP contribution in [0.1, 0.15) is 30.6 Å². The van der Waals surface area contributed by atoms with Crippen LogP contribution in [0.2, 0.25) is 0 Å². The van der Waals surface area contributed by atoms with E-state index in [1.165, 1.54) is 13.2 Å². The smallest absolute Gasteiger partial charge is 0.255 e. The summed E-state index contributed by atoms with van der Waals surface area (Å²) in [6, 6.07) is 4.92. The number of methoxy groups -OCH3 is 1. The number of carbonyl (C=O) groups excluding carboxylic acids is 1. The Morgan fingerprint density at radius 2 is 2.20 bits per heavy atom. The summed E-state index contributed by atoms with van der Waals surface area (Å²) in [5.74, 6) is 0.653. The van der Waals surface area contributed by atoms with E-state index in [9.17, 15) is 9.90 Å². The number of hydrogen-bond acceptors (Lipinski definition) is 4. The van der Waals surface area contributed by atoms with Gasteiger partial charge in [-0.2, -0.15) is 0 Å². The molecule has 0 aliphatic carbocycles. The third-order valence-electron chi connectivity index (χ3n) is 3.96. The van der Waals surface area contributed by atoms with E-state index in [2.05, 4.69) is 24.5 Å². The average Bonchev–Trinajstić information content (AvgIpc) is 2.43. The molecule has 0 saturated carbocycles. The van der Waals surface area contributed by atoms with E-state index in [0.717, 1.165) is 13.0 Å². The predicted molar refractivity (Wildman–Crippen MR) is 77.2 cm³/mol. The van der Waals surface area contributed by atoms with Crippen LogP contribution in [0.4, 0.5) is 0 Å². The molecular formula is C15H22N2O3. The van der Waals surface area contributed by atoms with E-state index in [0.29, 0.717) is 11.7 Å². The lowest BCUT2D eigenvalue weighted by Gasteiger charge is -2.36. The van der Waals surface area contributed by atoms with Gasteiger partial charge in [0.05, 0.1) is 12.7 Å². The highest BCUT2D eigenvalue weighted by molar-refractivity contribution is 5.97. The number of phenolic OH excluding ortho intramolecular Hbond substituents is 1. The third kappa shape index (κ3) is 3.04. The Labute approximate surface area is 119 Å². The molecule has 2 rings (SSSR count). The normalized spacial score (nSPS) is 26.1. The van der Waals surface area contributed by atoms with Crippen LogP contribution < -0.4 is 15.4 Å². The van der Waals surface area contributed by atoms with Gasteiger partial charge in [-0.1, -0.05) is 6.92 Å². The van der Waals surface area contributed by atoms with Crippen molar-refractivity contribution in [3.05, 3.63) is 23.8 Å². The summed E-state index contributed by atoms with van der Waals surface area (Å²) in [4.78, 5) is 12.3. The number of hydrogen-bond donors (Lipinski definition) is 3. The summed E-state index contributed by atoms with van der Waals surface area (Å²) in [5.41, 5.74) is 0.245. The maximum Gasteiger partial charge on any atom is 0.255 e. The molecule has 20 heavy (non-hydrogen) atoms. The molecule has 1 saturated heterocycles. The van der Waals surface area contributed by atoms with Crippen molar-refractivity contribution >= 4 is 5.91 Å². The van der Waals surface area contributed by atoms with Crippen LogP contribution in [0.25, 0.3) is 0 Å². The van der Waals surface area contributed by atoms with Gasteiger partial charge in [0.25, 0.3) is 5.91 Å². The maximum absolute atomic E-state index is 12.3. The fourth-order valence-corrected chi connectivity index (χ4v) is 2.66. The van der Waals surface area contributed by atoms with Crippen LogP contribution in [0.3, 0.4) is 0 Å². The minimum Gasteiger partial charge on any atom is -0.507 e. The topological polar surface area (TPSA) is 70.6 Å². The first-order valence-corrected chi connectivity index (χ1v) is 6.94. The van der Waals surface area contributed by atoms with Crippen molar-refractivity contribution in [3.8, 4) is 11.5 Å². The van der Waals surface area contributed by atoms with Crippen molar-refractivity contribution < 1.29 is 14.6 Å². The van der Waals surface area contributed by atoms with Crippen LogP contribution in [0, 0.1) is 5.92 Å². The van der Waals surface area contributed by atoms with Crippen LogP contribution in [-0.4, -0.2) is 36.8 Å². The second-order valence-corrected chi connectivity index (χ2v) is 5.39. The first-order valence-electron chi connectivity index (χ1n) is 6.94. The molecule has 0 aromatic heterocycles. The average molecular weight is 278 g/mol. The lowest BCUT2D eigenvalue weighted by molar-refractivity contribution is 0.0894. The predicted octanol–water partition coefficient (Wildman–Crippen LogP) is 1.52. The molecule has 1 heterocycles. The number of ether oxygens (including phenoxy) is 1. The van der Waals surface area contributed by atoms with Crippen LogP contribution >= 0.6 is 0 Å². The van der Waals surface area contributed by atoms with E-state index >= 15 is 0 Å². The van der Waals surface area contributed by atoms with Gasteiger partial charge in [0, 0.05) is 12.1 Å². The summed E-state index contributed by atoms with van der Waals surface area (Å²) in [6.07, 6.45) is 1.03. The molecular weight excluding hydrogens is 256 g/mol. The van der Waals surface area contributed by atoms with Crippen molar-refractivity contribution in [1.82, 2.24) is 10.6 Å². The largest absolute Gasteiger partial charge is 0.507 e. The zero-order chi connectivity index (χ0) is 14.7. The molecule has 0 bridgehead atoms. The van der Waals surface area contributed by atoms with Crippen LogP contribution in [0.5, 0.6) is 11.5 Å². The number of piperidine rings is 1. The third-order valence-corrected chi connectivity index (χ3v) is 3.96. The second-order valence-electron chi connectivity index (χ2n) is 5.39. The Balaban J connectivity index is 2.15. The summed E-state index contributed by atoms with van der Waals surface area (Å²) < 4.78 is 5.09. The number of rotatable bonds is 3. The van der Waals surface area contributed by atoms with Crippen molar-refractivity contribution in [3.63, 3.8) is 0 Å². The molecule has 1 aliphatic heterocycles. The number of aromatic hydroxyl groups is 1. The molecule has 0 spiro atoms. The van der Waals surface area contributed by atoms with Gasteiger partial charge in [-0.3, -0.25) is 4.79 Å². The summed E-state index contributed by atoms with van der Waals surface area (Å²) in [5, 5.41) is 16.2. The highest BCUT2D eigenvalue weighted by Crippen LogP contribution is 2.24. The quantitative estimate of drug-likeness (QED) is 0.784. The minimum absolute atomic E-state index is 0.0348. The van der Waals surface area contributed by atoms with Gasteiger partial charge in [-0.05, 0) is 44.0 Å². The second kappa shape index (κ2) is 6.13. The fourth-order valence-electron chi connectivity index (χ4n) is 2.66. The van der Waals surface area contributed by atoms with E-state index in [4.69, 9.17) is 4.74 Å². The molecule has 3 N–H and O–H groups in total.